The van der Waals surface area contributed by atoms with Crippen molar-refractivity contribution >= 4 is 17.2 Å². The van der Waals surface area contributed by atoms with Crippen molar-refractivity contribution < 1.29 is 9.32 Å². The first-order valence-corrected chi connectivity index (χ1v) is 10.9. The van der Waals surface area contributed by atoms with Gasteiger partial charge in [-0.1, -0.05) is 35.5 Å². The Hall–Kier alpha value is -2.47. The van der Waals surface area contributed by atoms with Crippen LogP contribution in [0.1, 0.15) is 57.7 Å². The van der Waals surface area contributed by atoms with Crippen molar-refractivity contribution in [1.82, 2.24) is 15.0 Å². The highest BCUT2D eigenvalue weighted by Crippen LogP contribution is 2.35. The molecule has 0 bridgehead atoms. The van der Waals surface area contributed by atoms with Gasteiger partial charge in [-0.15, -0.1) is 11.3 Å². The van der Waals surface area contributed by atoms with Crippen LogP contribution in [0.15, 0.2) is 40.9 Å². The van der Waals surface area contributed by atoms with Gasteiger partial charge in [0.2, 0.25) is 0 Å². The van der Waals surface area contributed by atoms with Gasteiger partial charge in [-0.2, -0.15) is 0 Å². The largest absolute Gasteiger partial charge is 0.355 e. The molecule has 0 saturated carbocycles. The molecule has 3 aromatic rings. The van der Waals surface area contributed by atoms with E-state index in [1.54, 1.807) is 6.07 Å². The minimum Gasteiger partial charge on any atom is -0.355 e. The van der Waals surface area contributed by atoms with Crippen molar-refractivity contribution in [3.05, 3.63) is 57.7 Å². The Labute approximate surface area is 168 Å². The summed E-state index contributed by atoms with van der Waals surface area (Å²) in [6, 6.07) is 11.5. The number of hydrogen-bond acceptors (Lipinski definition) is 5. The fraction of sp³-hybridized carbons (Fsp3) is 0.409. The maximum absolute atomic E-state index is 13.0. The highest BCUT2D eigenvalue weighted by molar-refractivity contribution is 7.11. The van der Waals surface area contributed by atoms with Crippen molar-refractivity contribution in [2.75, 3.05) is 13.1 Å². The van der Waals surface area contributed by atoms with Crippen molar-refractivity contribution in [1.29, 1.82) is 0 Å². The van der Waals surface area contributed by atoms with Crippen LogP contribution in [-0.2, 0) is 12.8 Å². The molecule has 1 aliphatic heterocycles. The Bertz CT molecular complexity index is 955. The molecule has 2 aliphatic rings. The molecule has 3 heterocycles. The van der Waals surface area contributed by atoms with Crippen LogP contribution >= 0.6 is 11.3 Å². The van der Waals surface area contributed by atoms with Crippen LogP contribution in [0.2, 0.25) is 0 Å². The van der Waals surface area contributed by atoms with E-state index in [0.717, 1.165) is 37.9 Å². The zero-order valence-corrected chi connectivity index (χ0v) is 16.6. The van der Waals surface area contributed by atoms with Crippen molar-refractivity contribution in [2.24, 2.45) is 0 Å². The summed E-state index contributed by atoms with van der Waals surface area (Å²) >= 11 is 1.87. The number of carbonyl (C=O) groups excluding carboxylic acids is 1. The number of aromatic nitrogens is 2. The summed E-state index contributed by atoms with van der Waals surface area (Å²) in [4.78, 5) is 21.3. The Balaban J connectivity index is 1.32. The second-order valence-electron chi connectivity index (χ2n) is 7.66. The standard InChI is InChI=1S/C22H23N3O2S/c26-22(18-13-19(27-24-18)15-7-2-1-3-8-15)25-12-6-9-16(14-25)21-23-17-10-4-5-11-20(17)28-21/h1-3,7-8,13,16H,4-6,9-12,14H2. The third-order valence-electron chi connectivity index (χ3n) is 5.71. The molecule has 1 atom stereocenters. The van der Waals surface area contributed by atoms with E-state index in [9.17, 15) is 4.79 Å². The van der Waals surface area contributed by atoms with E-state index < -0.39 is 0 Å². The van der Waals surface area contributed by atoms with E-state index in [0.29, 0.717) is 17.4 Å². The first-order valence-electron chi connectivity index (χ1n) is 10.1. The fourth-order valence-corrected chi connectivity index (χ4v) is 5.47. The Morgan fingerprint density at radius 3 is 2.86 bits per heavy atom. The molecular weight excluding hydrogens is 370 g/mol. The molecule has 1 aliphatic carbocycles. The summed E-state index contributed by atoms with van der Waals surface area (Å²) in [5.41, 5.74) is 2.62. The van der Waals surface area contributed by atoms with Gasteiger partial charge in [0.25, 0.3) is 5.91 Å². The summed E-state index contributed by atoms with van der Waals surface area (Å²) in [5, 5.41) is 5.26. The first-order chi connectivity index (χ1) is 13.8. The number of thiazole rings is 1. The number of rotatable bonds is 3. The lowest BCUT2D eigenvalue weighted by molar-refractivity contribution is 0.0696. The first kappa shape index (κ1) is 17.6. The fourth-order valence-electron chi connectivity index (χ4n) is 4.19. The van der Waals surface area contributed by atoms with Gasteiger partial charge in [0.05, 0.1) is 10.7 Å². The van der Waals surface area contributed by atoms with Crippen LogP contribution in [0, 0.1) is 0 Å². The number of aryl methyl sites for hydroxylation is 2. The lowest BCUT2D eigenvalue weighted by atomic mass is 9.98. The van der Waals surface area contributed by atoms with Gasteiger partial charge >= 0.3 is 0 Å². The molecule has 1 amide bonds. The van der Waals surface area contributed by atoms with E-state index in [2.05, 4.69) is 5.16 Å². The van der Waals surface area contributed by atoms with Crippen LogP contribution in [0.3, 0.4) is 0 Å². The number of carbonyl (C=O) groups is 1. The van der Waals surface area contributed by atoms with E-state index in [4.69, 9.17) is 9.51 Å². The lowest BCUT2D eigenvalue weighted by Gasteiger charge is -2.31. The number of benzene rings is 1. The predicted octanol–water partition coefficient (Wildman–Crippen LogP) is 4.70. The Morgan fingerprint density at radius 2 is 2.00 bits per heavy atom. The Kier molecular flexibility index (Phi) is 4.72. The summed E-state index contributed by atoms with van der Waals surface area (Å²) in [6.45, 7) is 1.49. The maximum Gasteiger partial charge on any atom is 0.276 e. The Morgan fingerprint density at radius 1 is 1.14 bits per heavy atom. The highest BCUT2D eigenvalue weighted by atomic mass is 32.1. The van der Waals surface area contributed by atoms with Crippen LogP contribution in [-0.4, -0.2) is 34.0 Å². The van der Waals surface area contributed by atoms with E-state index in [-0.39, 0.29) is 5.91 Å². The zero-order chi connectivity index (χ0) is 18.9. The van der Waals surface area contributed by atoms with Gasteiger partial charge in [-0.3, -0.25) is 4.79 Å². The smallest absolute Gasteiger partial charge is 0.276 e. The minimum atomic E-state index is -0.0445. The van der Waals surface area contributed by atoms with E-state index >= 15 is 0 Å². The predicted molar refractivity (Wildman–Crippen MR) is 109 cm³/mol. The van der Waals surface area contributed by atoms with Crippen LogP contribution in [0.4, 0.5) is 0 Å². The van der Waals surface area contributed by atoms with Crippen LogP contribution < -0.4 is 0 Å². The molecule has 2 aromatic heterocycles. The average molecular weight is 394 g/mol. The molecule has 6 heteroatoms. The topological polar surface area (TPSA) is 59.2 Å². The van der Waals surface area contributed by atoms with Gasteiger partial charge in [0.15, 0.2) is 11.5 Å². The van der Waals surface area contributed by atoms with Crippen LogP contribution in [0.25, 0.3) is 11.3 Å². The molecule has 1 aromatic carbocycles. The zero-order valence-electron chi connectivity index (χ0n) is 15.8. The van der Waals surface area contributed by atoms with Gasteiger partial charge in [0.1, 0.15) is 0 Å². The van der Waals surface area contributed by atoms with Crippen molar-refractivity contribution in [3.63, 3.8) is 0 Å². The molecule has 0 N–H and O–H groups in total. The molecular formula is C22H23N3O2S. The number of hydrogen-bond donors (Lipinski definition) is 0. The molecule has 28 heavy (non-hydrogen) atoms. The third-order valence-corrected chi connectivity index (χ3v) is 7.03. The van der Waals surface area contributed by atoms with E-state index in [1.807, 2.05) is 46.6 Å². The second kappa shape index (κ2) is 7.51. The van der Waals surface area contributed by atoms with Crippen molar-refractivity contribution in [2.45, 2.75) is 44.4 Å². The van der Waals surface area contributed by atoms with Gasteiger partial charge in [-0.25, -0.2) is 4.98 Å². The summed E-state index contributed by atoms with van der Waals surface area (Å²) < 4.78 is 5.42. The van der Waals surface area contributed by atoms with Crippen LogP contribution in [0.5, 0.6) is 0 Å². The third kappa shape index (κ3) is 3.37. The maximum atomic E-state index is 13.0. The SMILES string of the molecule is O=C(c1cc(-c2ccccc2)on1)N1CCCC(c2nc3c(s2)CCCC3)C1. The molecule has 1 fully saturated rings. The second-order valence-corrected chi connectivity index (χ2v) is 8.78. The van der Waals surface area contributed by atoms with Gasteiger partial charge in [-0.05, 0) is 38.5 Å². The van der Waals surface area contributed by atoms with Gasteiger partial charge < -0.3 is 9.42 Å². The molecule has 5 rings (SSSR count). The minimum absolute atomic E-state index is 0.0445. The number of piperidine rings is 1. The number of fused-ring (bicyclic) bond motifs is 1. The van der Waals surface area contributed by atoms with E-state index in [1.165, 1.54) is 34.8 Å². The number of likely N-dealkylation sites (tertiary alicyclic amines) is 1. The molecule has 0 radical (unpaired) electrons. The monoisotopic (exact) mass is 393 g/mol. The summed E-state index contributed by atoms with van der Waals surface area (Å²) in [5.74, 6) is 0.927. The quantitative estimate of drug-likeness (QED) is 0.647. The van der Waals surface area contributed by atoms with Crippen molar-refractivity contribution in [3.8, 4) is 11.3 Å². The lowest BCUT2D eigenvalue weighted by Crippen LogP contribution is -2.39. The summed E-state index contributed by atoms with van der Waals surface area (Å²) in [6.07, 6.45) is 6.92. The molecule has 1 unspecified atom stereocenters. The van der Waals surface area contributed by atoms with Gasteiger partial charge in [0, 0.05) is 35.5 Å². The number of amides is 1. The molecule has 0 spiro atoms. The molecule has 144 valence electrons. The molecule has 5 nitrogen and oxygen atoms in total. The summed E-state index contributed by atoms with van der Waals surface area (Å²) in [7, 11) is 0. The highest BCUT2D eigenvalue weighted by Gasteiger charge is 2.30. The average Bonchev–Trinajstić information content (AvgIpc) is 3.41. The normalized spacial score (nSPS) is 19.4. The number of nitrogens with zero attached hydrogens (tertiary/aromatic N) is 3. The molecule has 1 saturated heterocycles.